The maximum atomic E-state index is 10.5. The van der Waals surface area contributed by atoms with Gasteiger partial charge in [0, 0.05) is 40.4 Å². The third-order valence-corrected chi connectivity index (χ3v) is 11.1. The molecule has 0 spiro atoms. The average Bonchev–Trinajstić information content (AvgIpc) is 3.55. The molecule has 4 aromatic rings. The first-order valence-electron chi connectivity index (χ1n) is 15.1. The zero-order valence-electron chi connectivity index (χ0n) is 25.7. The van der Waals surface area contributed by atoms with Gasteiger partial charge in [-0.3, -0.25) is 0 Å². The van der Waals surface area contributed by atoms with Gasteiger partial charge in [-0.25, -0.2) is 9.97 Å². The molecule has 10 heteroatoms. The highest BCUT2D eigenvalue weighted by Gasteiger charge is 2.37. The van der Waals surface area contributed by atoms with Crippen molar-refractivity contribution < 1.29 is 9.84 Å². The lowest BCUT2D eigenvalue weighted by Crippen LogP contribution is -2.43. The van der Waals surface area contributed by atoms with Crippen molar-refractivity contribution in [2.75, 3.05) is 31.2 Å². The van der Waals surface area contributed by atoms with Crippen LogP contribution < -0.4 is 9.64 Å². The standard InChI is InChI=1S/C35H36ClN5O2S2/c1-4-35(23(2)3)13-15-41(16-14-35)32-29(19-37)31(24-7-11-28(12-8-24)43-18-17-42)30(20-38)34(40-32)45-22-27-21-44-33(39-27)25-5-9-26(36)10-6-25/h5-12,21,23,42H,4,13-18,22H2,1-3H3. The topological polar surface area (TPSA) is 106 Å². The summed E-state index contributed by atoms with van der Waals surface area (Å²) < 4.78 is 5.56. The molecule has 1 saturated heterocycles. The quantitative estimate of drug-likeness (QED) is 0.160. The number of ether oxygens (including phenoxy) is 1. The SMILES string of the molecule is CCC1(C(C)C)CCN(c2nc(SCc3csc(-c4ccc(Cl)cc4)n3)c(C#N)c(-c3ccc(OCCO)cc3)c2C#N)CC1. The Morgan fingerprint density at radius 1 is 1.02 bits per heavy atom. The van der Waals surface area contributed by atoms with E-state index in [0.29, 0.717) is 50.0 Å². The van der Waals surface area contributed by atoms with E-state index in [1.807, 2.05) is 41.8 Å². The van der Waals surface area contributed by atoms with E-state index in [1.165, 1.54) is 11.8 Å². The number of halogens is 1. The van der Waals surface area contributed by atoms with Crippen molar-refractivity contribution in [3.05, 3.63) is 75.8 Å². The number of aliphatic hydroxyl groups is 1. The van der Waals surface area contributed by atoms with Crippen LogP contribution in [-0.2, 0) is 5.75 Å². The number of anilines is 1. The van der Waals surface area contributed by atoms with Crippen LogP contribution in [0.5, 0.6) is 5.75 Å². The third-order valence-electron chi connectivity index (χ3n) is 8.86. The van der Waals surface area contributed by atoms with E-state index in [2.05, 4.69) is 37.8 Å². The highest BCUT2D eigenvalue weighted by molar-refractivity contribution is 7.98. The second kappa shape index (κ2) is 14.7. The second-order valence-corrected chi connectivity index (χ2v) is 13.7. The van der Waals surface area contributed by atoms with E-state index in [4.69, 9.17) is 31.4 Å². The molecule has 7 nitrogen and oxygen atoms in total. The number of nitriles is 2. The van der Waals surface area contributed by atoms with Crippen molar-refractivity contribution in [1.29, 1.82) is 10.5 Å². The fourth-order valence-electron chi connectivity index (χ4n) is 6.01. The van der Waals surface area contributed by atoms with Gasteiger partial charge in [-0.1, -0.05) is 74.8 Å². The Hall–Kier alpha value is -3.60. The molecule has 0 radical (unpaired) electrons. The number of hydrogen-bond acceptors (Lipinski definition) is 9. The number of thiazole rings is 1. The Labute approximate surface area is 278 Å². The van der Waals surface area contributed by atoms with Gasteiger partial charge in [0.15, 0.2) is 0 Å². The van der Waals surface area contributed by atoms with Crippen LogP contribution in [0.15, 0.2) is 58.9 Å². The normalized spacial score (nSPS) is 14.3. The molecule has 0 saturated carbocycles. The van der Waals surface area contributed by atoms with Crippen LogP contribution in [0.1, 0.15) is 56.9 Å². The highest BCUT2D eigenvalue weighted by atomic mass is 35.5. The molecule has 1 aliphatic heterocycles. The largest absolute Gasteiger partial charge is 0.491 e. The monoisotopic (exact) mass is 657 g/mol. The minimum Gasteiger partial charge on any atom is -0.491 e. The van der Waals surface area contributed by atoms with Crippen molar-refractivity contribution in [2.24, 2.45) is 11.3 Å². The number of pyridine rings is 1. The molecular formula is C35H36ClN5O2S2. The lowest BCUT2D eigenvalue weighted by molar-refractivity contribution is 0.132. The molecule has 2 aromatic heterocycles. The van der Waals surface area contributed by atoms with Crippen molar-refractivity contribution in [3.8, 4) is 39.6 Å². The Morgan fingerprint density at radius 3 is 2.29 bits per heavy atom. The molecular weight excluding hydrogens is 622 g/mol. The van der Waals surface area contributed by atoms with Crippen LogP contribution in [0, 0.1) is 34.0 Å². The van der Waals surface area contributed by atoms with Gasteiger partial charge in [-0.05, 0) is 54.0 Å². The van der Waals surface area contributed by atoms with Crippen molar-refractivity contribution >= 4 is 40.5 Å². The van der Waals surface area contributed by atoms with Crippen LogP contribution in [0.25, 0.3) is 21.7 Å². The van der Waals surface area contributed by atoms with Crippen molar-refractivity contribution in [3.63, 3.8) is 0 Å². The van der Waals surface area contributed by atoms with Crippen LogP contribution >= 0.6 is 34.7 Å². The summed E-state index contributed by atoms with van der Waals surface area (Å²) in [7, 11) is 0. The van der Waals surface area contributed by atoms with Gasteiger partial charge in [-0.15, -0.1) is 11.3 Å². The van der Waals surface area contributed by atoms with Gasteiger partial charge in [0.2, 0.25) is 0 Å². The van der Waals surface area contributed by atoms with Crippen LogP contribution in [0.2, 0.25) is 5.02 Å². The summed E-state index contributed by atoms with van der Waals surface area (Å²) in [6.45, 7) is 8.58. The summed E-state index contributed by atoms with van der Waals surface area (Å²) in [5.41, 5.74) is 4.27. The highest BCUT2D eigenvalue weighted by Crippen LogP contribution is 2.45. The summed E-state index contributed by atoms with van der Waals surface area (Å²) in [6.07, 6.45) is 3.16. The molecule has 0 aliphatic carbocycles. The maximum absolute atomic E-state index is 10.5. The molecule has 1 fully saturated rings. The number of rotatable bonds is 11. The van der Waals surface area contributed by atoms with Gasteiger partial charge >= 0.3 is 0 Å². The predicted molar refractivity (Wildman–Crippen MR) is 183 cm³/mol. The number of benzene rings is 2. The summed E-state index contributed by atoms with van der Waals surface area (Å²) in [5.74, 6) is 2.33. The minimum absolute atomic E-state index is 0.0840. The number of nitrogens with zero attached hydrogens (tertiary/aromatic N) is 5. The maximum Gasteiger partial charge on any atom is 0.148 e. The van der Waals surface area contributed by atoms with E-state index in [0.717, 1.165) is 54.2 Å². The third kappa shape index (κ3) is 7.13. The summed E-state index contributed by atoms with van der Waals surface area (Å²) in [4.78, 5) is 12.1. The van der Waals surface area contributed by atoms with Crippen LogP contribution in [0.3, 0.4) is 0 Å². The van der Waals surface area contributed by atoms with Gasteiger partial charge in [-0.2, -0.15) is 10.5 Å². The van der Waals surface area contributed by atoms with Gasteiger partial charge in [0.25, 0.3) is 0 Å². The van der Waals surface area contributed by atoms with Gasteiger partial charge in [0.1, 0.15) is 45.9 Å². The number of hydrogen-bond donors (Lipinski definition) is 1. The molecule has 0 unspecified atom stereocenters. The second-order valence-electron chi connectivity index (χ2n) is 11.5. The van der Waals surface area contributed by atoms with Crippen molar-refractivity contribution in [1.82, 2.24) is 9.97 Å². The lowest BCUT2D eigenvalue weighted by atomic mass is 9.68. The number of aliphatic hydroxyl groups excluding tert-OH is 1. The first-order chi connectivity index (χ1) is 21.8. The van der Waals surface area contributed by atoms with E-state index in [-0.39, 0.29) is 18.6 Å². The first kappa shape index (κ1) is 32.8. The van der Waals surface area contributed by atoms with E-state index < -0.39 is 0 Å². The summed E-state index contributed by atoms with van der Waals surface area (Å²) in [6, 6.07) is 19.7. The molecule has 2 aromatic carbocycles. The fraction of sp³-hybridized carbons (Fsp3) is 0.371. The molecule has 5 rings (SSSR count). The first-order valence-corrected chi connectivity index (χ1v) is 17.4. The van der Waals surface area contributed by atoms with E-state index in [9.17, 15) is 10.5 Å². The van der Waals surface area contributed by atoms with Gasteiger partial charge in [0.05, 0.1) is 17.9 Å². The predicted octanol–water partition coefficient (Wildman–Crippen LogP) is 8.58. The Balaban J connectivity index is 1.53. The van der Waals surface area contributed by atoms with Crippen LogP contribution in [0.4, 0.5) is 5.82 Å². The minimum atomic E-state index is -0.0840. The zero-order chi connectivity index (χ0) is 32.0. The van der Waals surface area contributed by atoms with Crippen molar-refractivity contribution in [2.45, 2.75) is 50.8 Å². The molecule has 232 valence electrons. The average molecular weight is 658 g/mol. The number of aromatic nitrogens is 2. The van der Waals surface area contributed by atoms with E-state index in [1.54, 1.807) is 23.5 Å². The summed E-state index contributed by atoms with van der Waals surface area (Å²) >= 11 is 9.10. The Morgan fingerprint density at radius 2 is 1.69 bits per heavy atom. The number of thioether (sulfide) groups is 1. The molecule has 45 heavy (non-hydrogen) atoms. The molecule has 1 aliphatic rings. The number of piperidine rings is 1. The van der Waals surface area contributed by atoms with Gasteiger partial charge < -0.3 is 14.7 Å². The molecule has 0 atom stereocenters. The molecule has 1 N–H and O–H groups in total. The molecule has 0 amide bonds. The zero-order valence-corrected chi connectivity index (χ0v) is 28.1. The molecule has 3 heterocycles. The Bertz CT molecular complexity index is 1700. The molecule has 0 bridgehead atoms. The Kier molecular flexibility index (Phi) is 10.7. The van der Waals surface area contributed by atoms with Crippen LogP contribution in [-0.4, -0.2) is 41.4 Å². The smallest absolute Gasteiger partial charge is 0.148 e. The fourth-order valence-corrected chi connectivity index (χ4v) is 7.94. The van der Waals surface area contributed by atoms with E-state index >= 15 is 0 Å². The lowest BCUT2D eigenvalue weighted by Gasteiger charge is -2.45. The summed E-state index contributed by atoms with van der Waals surface area (Å²) in [5, 5.41) is 34.4.